The van der Waals surface area contributed by atoms with Crippen molar-refractivity contribution in [2.75, 3.05) is 5.88 Å². The minimum absolute atomic E-state index is 0.0248. The van der Waals surface area contributed by atoms with E-state index in [4.69, 9.17) is 11.6 Å². The quantitative estimate of drug-likeness (QED) is 0.771. The number of nitrogens with one attached hydrogen (secondary N) is 1. The summed E-state index contributed by atoms with van der Waals surface area (Å²) in [6.07, 6.45) is 3.86. The van der Waals surface area contributed by atoms with Gasteiger partial charge in [-0.25, -0.2) is 0 Å². The van der Waals surface area contributed by atoms with Gasteiger partial charge < -0.3 is 5.32 Å². The molecule has 76 valence electrons. The molecule has 1 aromatic heterocycles. The Bertz CT molecular complexity index is 315. The molecule has 0 aliphatic rings. The molecule has 1 heterocycles. The van der Waals surface area contributed by atoms with E-state index in [1.807, 2.05) is 13.0 Å². The number of alkyl halides is 1. The van der Waals surface area contributed by atoms with Crippen molar-refractivity contribution in [3.05, 3.63) is 29.6 Å². The molecule has 0 aliphatic heterocycles. The van der Waals surface area contributed by atoms with E-state index in [0.29, 0.717) is 18.8 Å². The molecule has 0 radical (unpaired) electrons. The van der Waals surface area contributed by atoms with Crippen molar-refractivity contribution in [1.82, 2.24) is 10.3 Å². The van der Waals surface area contributed by atoms with Gasteiger partial charge >= 0.3 is 0 Å². The van der Waals surface area contributed by atoms with E-state index in [1.165, 1.54) is 0 Å². The molecule has 0 unspecified atom stereocenters. The van der Waals surface area contributed by atoms with Crippen molar-refractivity contribution in [3.63, 3.8) is 0 Å². The van der Waals surface area contributed by atoms with Crippen molar-refractivity contribution >= 4 is 17.5 Å². The first kappa shape index (κ1) is 11.0. The summed E-state index contributed by atoms with van der Waals surface area (Å²) >= 11 is 5.44. The summed E-state index contributed by atoms with van der Waals surface area (Å²) in [6, 6.07) is 1.92. The SMILES string of the molecule is Cc1ccncc1CNC(=O)CCCl. The van der Waals surface area contributed by atoms with Crippen molar-refractivity contribution < 1.29 is 4.79 Å². The Kier molecular flexibility index (Phi) is 4.40. The van der Waals surface area contributed by atoms with Gasteiger partial charge in [0.05, 0.1) is 0 Å². The van der Waals surface area contributed by atoms with E-state index in [9.17, 15) is 4.79 Å². The number of pyridine rings is 1. The van der Waals surface area contributed by atoms with Gasteiger partial charge in [0.2, 0.25) is 5.91 Å². The average molecular weight is 213 g/mol. The Morgan fingerprint density at radius 2 is 2.43 bits per heavy atom. The zero-order chi connectivity index (χ0) is 10.4. The van der Waals surface area contributed by atoms with E-state index in [2.05, 4.69) is 10.3 Å². The van der Waals surface area contributed by atoms with Crippen LogP contribution in [-0.2, 0) is 11.3 Å². The number of hydrogen-bond acceptors (Lipinski definition) is 2. The maximum absolute atomic E-state index is 11.1. The van der Waals surface area contributed by atoms with Crippen LogP contribution in [0.1, 0.15) is 17.5 Å². The second-order valence-corrected chi connectivity index (χ2v) is 3.40. The van der Waals surface area contributed by atoms with Crippen molar-refractivity contribution in [2.24, 2.45) is 0 Å². The van der Waals surface area contributed by atoms with Crippen LogP contribution in [0.25, 0.3) is 0 Å². The zero-order valence-electron chi connectivity index (χ0n) is 8.09. The highest BCUT2D eigenvalue weighted by atomic mass is 35.5. The Hall–Kier alpha value is -1.09. The van der Waals surface area contributed by atoms with Gasteiger partial charge in [0.15, 0.2) is 0 Å². The van der Waals surface area contributed by atoms with E-state index >= 15 is 0 Å². The highest BCUT2D eigenvalue weighted by Gasteiger charge is 2.01. The minimum Gasteiger partial charge on any atom is -0.352 e. The molecule has 3 nitrogen and oxygen atoms in total. The van der Waals surface area contributed by atoms with Crippen molar-refractivity contribution in [1.29, 1.82) is 0 Å². The first-order valence-electron chi connectivity index (χ1n) is 4.46. The summed E-state index contributed by atoms with van der Waals surface area (Å²) in [7, 11) is 0. The third kappa shape index (κ3) is 3.34. The van der Waals surface area contributed by atoms with Crippen LogP contribution in [0.2, 0.25) is 0 Å². The number of aromatic nitrogens is 1. The van der Waals surface area contributed by atoms with Crippen LogP contribution in [-0.4, -0.2) is 16.8 Å². The number of halogens is 1. The lowest BCUT2D eigenvalue weighted by Gasteiger charge is -2.05. The third-order valence-electron chi connectivity index (χ3n) is 1.95. The number of carbonyl (C=O) groups is 1. The van der Waals surface area contributed by atoms with E-state index in [1.54, 1.807) is 12.4 Å². The normalized spacial score (nSPS) is 9.86. The molecule has 0 bridgehead atoms. The molecular formula is C10H13ClN2O. The summed E-state index contributed by atoms with van der Waals surface area (Å²) in [5.41, 5.74) is 2.17. The van der Waals surface area contributed by atoms with Gasteiger partial charge in [-0.15, -0.1) is 11.6 Å². The molecule has 1 amide bonds. The Labute approximate surface area is 88.5 Å². The Balaban J connectivity index is 2.46. The number of hydrogen-bond donors (Lipinski definition) is 1. The molecule has 1 rings (SSSR count). The molecule has 0 saturated carbocycles. The van der Waals surface area contributed by atoms with E-state index < -0.39 is 0 Å². The maximum Gasteiger partial charge on any atom is 0.221 e. The molecule has 0 fully saturated rings. The number of rotatable bonds is 4. The van der Waals surface area contributed by atoms with Gasteiger partial charge in [-0.05, 0) is 24.1 Å². The third-order valence-corrected chi connectivity index (χ3v) is 2.13. The van der Waals surface area contributed by atoms with Gasteiger partial charge in [0.1, 0.15) is 0 Å². The van der Waals surface area contributed by atoms with Crippen LogP contribution in [0, 0.1) is 6.92 Å². The summed E-state index contributed by atoms with van der Waals surface area (Å²) in [4.78, 5) is 15.1. The Morgan fingerprint density at radius 3 is 3.07 bits per heavy atom. The van der Waals surface area contributed by atoms with E-state index in [-0.39, 0.29) is 5.91 Å². The molecule has 14 heavy (non-hydrogen) atoms. The molecule has 0 saturated heterocycles. The maximum atomic E-state index is 11.1. The topological polar surface area (TPSA) is 42.0 Å². The zero-order valence-corrected chi connectivity index (χ0v) is 8.84. The lowest BCUT2D eigenvalue weighted by Crippen LogP contribution is -2.23. The first-order chi connectivity index (χ1) is 6.74. The summed E-state index contributed by atoms with van der Waals surface area (Å²) in [5.74, 6) is 0.334. The van der Waals surface area contributed by atoms with Gasteiger partial charge in [-0.1, -0.05) is 0 Å². The largest absolute Gasteiger partial charge is 0.352 e. The monoisotopic (exact) mass is 212 g/mol. The van der Waals surface area contributed by atoms with Crippen LogP contribution < -0.4 is 5.32 Å². The van der Waals surface area contributed by atoms with Gasteiger partial charge in [-0.3, -0.25) is 9.78 Å². The predicted octanol–water partition coefficient (Wildman–Crippen LogP) is 1.64. The van der Waals surface area contributed by atoms with Crippen molar-refractivity contribution in [2.45, 2.75) is 19.9 Å². The van der Waals surface area contributed by atoms with Crippen LogP contribution in [0.4, 0.5) is 0 Å². The molecule has 0 spiro atoms. The molecule has 1 aromatic rings. The highest BCUT2D eigenvalue weighted by Crippen LogP contribution is 2.03. The lowest BCUT2D eigenvalue weighted by molar-refractivity contribution is -0.120. The molecule has 0 atom stereocenters. The number of nitrogens with zero attached hydrogens (tertiary/aromatic N) is 1. The standard InChI is InChI=1S/C10H13ClN2O/c1-8-3-5-12-6-9(8)7-13-10(14)2-4-11/h3,5-6H,2,4,7H2,1H3,(H,13,14). The molecule has 4 heteroatoms. The lowest BCUT2D eigenvalue weighted by atomic mass is 10.1. The second-order valence-electron chi connectivity index (χ2n) is 3.02. The van der Waals surface area contributed by atoms with Crippen LogP contribution in [0.5, 0.6) is 0 Å². The summed E-state index contributed by atoms with van der Waals surface area (Å²) < 4.78 is 0. The van der Waals surface area contributed by atoms with Gasteiger partial charge in [0, 0.05) is 31.2 Å². The van der Waals surface area contributed by atoms with Crippen LogP contribution in [0.3, 0.4) is 0 Å². The fraction of sp³-hybridized carbons (Fsp3) is 0.400. The van der Waals surface area contributed by atoms with Gasteiger partial charge in [0.25, 0.3) is 0 Å². The highest BCUT2D eigenvalue weighted by molar-refractivity contribution is 6.18. The van der Waals surface area contributed by atoms with E-state index in [0.717, 1.165) is 11.1 Å². The number of amides is 1. The minimum atomic E-state index is -0.0248. The fourth-order valence-electron chi connectivity index (χ4n) is 1.05. The van der Waals surface area contributed by atoms with Gasteiger partial charge in [-0.2, -0.15) is 0 Å². The second kappa shape index (κ2) is 5.60. The summed E-state index contributed by atoms with van der Waals surface area (Å²) in [5, 5.41) is 2.78. The first-order valence-corrected chi connectivity index (χ1v) is 4.99. The van der Waals surface area contributed by atoms with Crippen LogP contribution >= 0.6 is 11.6 Å². The Morgan fingerprint density at radius 1 is 1.64 bits per heavy atom. The fourth-order valence-corrected chi connectivity index (χ4v) is 1.22. The summed E-state index contributed by atoms with van der Waals surface area (Å²) in [6.45, 7) is 2.51. The van der Waals surface area contributed by atoms with Crippen molar-refractivity contribution in [3.8, 4) is 0 Å². The number of aryl methyl sites for hydroxylation is 1. The predicted molar refractivity (Wildman–Crippen MR) is 56.2 cm³/mol. The van der Waals surface area contributed by atoms with Crippen LogP contribution in [0.15, 0.2) is 18.5 Å². The molecule has 0 aromatic carbocycles. The molecule has 0 aliphatic carbocycles. The molecular weight excluding hydrogens is 200 g/mol. The number of carbonyl (C=O) groups excluding carboxylic acids is 1. The molecule has 1 N–H and O–H groups in total. The smallest absolute Gasteiger partial charge is 0.221 e. The average Bonchev–Trinajstić information content (AvgIpc) is 2.17.